The average Bonchev–Trinajstić information content (AvgIpc) is 2.53. The Labute approximate surface area is 129 Å². The molecule has 1 N–H and O–H groups in total. The number of aryl methyl sites for hydroxylation is 1. The van der Waals surface area contributed by atoms with Crippen molar-refractivity contribution < 1.29 is 14.7 Å². The number of amides is 1. The first-order chi connectivity index (χ1) is 10.6. The van der Waals surface area contributed by atoms with Crippen LogP contribution in [0.2, 0.25) is 0 Å². The van der Waals surface area contributed by atoms with Gasteiger partial charge in [-0.05, 0) is 38.2 Å². The topological polar surface area (TPSA) is 83.4 Å². The molecule has 6 nitrogen and oxygen atoms in total. The van der Waals surface area contributed by atoms with E-state index >= 15 is 0 Å². The number of carbonyl (C=O) groups excluding carboxylic acids is 1. The van der Waals surface area contributed by atoms with Gasteiger partial charge in [-0.3, -0.25) is 9.59 Å². The molecule has 0 radical (unpaired) electrons. The molecule has 0 aromatic carbocycles. The number of hydrogen-bond donors (Lipinski definition) is 1. The fourth-order valence-corrected chi connectivity index (χ4v) is 3.94. The molecule has 0 bridgehead atoms. The molecule has 22 heavy (non-hydrogen) atoms. The highest BCUT2D eigenvalue weighted by atomic mass is 16.4. The van der Waals surface area contributed by atoms with E-state index in [0.29, 0.717) is 24.5 Å². The molecule has 3 rings (SSSR count). The molecule has 118 valence electrons. The van der Waals surface area contributed by atoms with Gasteiger partial charge in [0, 0.05) is 18.8 Å². The van der Waals surface area contributed by atoms with Crippen LogP contribution in [0.1, 0.15) is 48.4 Å². The Hall–Kier alpha value is -1.98. The van der Waals surface area contributed by atoms with Gasteiger partial charge in [-0.1, -0.05) is 12.8 Å². The molecule has 6 heteroatoms. The van der Waals surface area contributed by atoms with Crippen molar-refractivity contribution in [2.45, 2.75) is 45.1 Å². The Morgan fingerprint density at radius 2 is 2.05 bits per heavy atom. The average molecular weight is 303 g/mol. The number of carbonyl (C=O) groups is 2. The van der Waals surface area contributed by atoms with Crippen LogP contribution in [0.25, 0.3) is 0 Å². The van der Waals surface area contributed by atoms with E-state index < -0.39 is 5.97 Å². The maximum atomic E-state index is 12.8. The largest absolute Gasteiger partial charge is 0.481 e. The van der Waals surface area contributed by atoms with Crippen LogP contribution in [-0.2, 0) is 4.79 Å². The third kappa shape index (κ3) is 2.69. The van der Waals surface area contributed by atoms with Crippen molar-refractivity contribution in [1.29, 1.82) is 0 Å². The summed E-state index contributed by atoms with van der Waals surface area (Å²) < 4.78 is 0. The summed E-state index contributed by atoms with van der Waals surface area (Å²) in [7, 11) is 0. The van der Waals surface area contributed by atoms with Crippen LogP contribution < -0.4 is 0 Å². The van der Waals surface area contributed by atoms with Gasteiger partial charge in [0.25, 0.3) is 5.91 Å². The standard InChI is InChI=1S/C16H21N3O3/c1-10-17-8-6-13(18-10)15(20)19-9-7-12(16(21)22)11-4-2-3-5-14(11)19/h6,8,11-12,14H,2-5,7,9H2,1H3,(H,21,22). The monoisotopic (exact) mass is 303 g/mol. The Morgan fingerprint density at radius 1 is 1.27 bits per heavy atom. The number of likely N-dealkylation sites (tertiary alicyclic amines) is 1. The smallest absolute Gasteiger partial charge is 0.306 e. The van der Waals surface area contributed by atoms with Gasteiger partial charge in [0.2, 0.25) is 0 Å². The molecule has 1 aromatic heterocycles. The van der Waals surface area contributed by atoms with Crippen molar-refractivity contribution in [2.24, 2.45) is 11.8 Å². The maximum absolute atomic E-state index is 12.8. The molecule has 2 heterocycles. The van der Waals surface area contributed by atoms with Gasteiger partial charge in [0.05, 0.1) is 5.92 Å². The highest BCUT2D eigenvalue weighted by Gasteiger charge is 2.44. The number of hydrogen-bond acceptors (Lipinski definition) is 4. The number of rotatable bonds is 2. The summed E-state index contributed by atoms with van der Waals surface area (Å²) in [6, 6.07) is 1.67. The molecule has 1 amide bonds. The highest BCUT2D eigenvalue weighted by Crippen LogP contribution is 2.39. The summed E-state index contributed by atoms with van der Waals surface area (Å²) >= 11 is 0. The molecule has 2 aliphatic rings. The number of nitrogens with zero attached hydrogens (tertiary/aromatic N) is 3. The zero-order chi connectivity index (χ0) is 15.7. The maximum Gasteiger partial charge on any atom is 0.306 e. The van der Waals surface area contributed by atoms with Gasteiger partial charge in [-0.25, -0.2) is 9.97 Å². The summed E-state index contributed by atoms with van der Waals surface area (Å²) in [6.45, 7) is 2.26. The number of carboxylic acids is 1. The number of fused-ring (bicyclic) bond motifs is 1. The fraction of sp³-hybridized carbons (Fsp3) is 0.625. The molecule has 3 unspecified atom stereocenters. The van der Waals surface area contributed by atoms with Crippen LogP contribution in [0.4, 0.5) is 0 Å². The first kappa shape index (κ1) is 14.9. The van der Waals surface area contributed by atoms with Crippen LogP contribution in [0.15, 0.2) is 12.3 Å². The van der Waals surface area contributed by atoms with Crippen LogP contribution in [0.5, 0.6) is 0 Å². The SMILES string of the molecule is Cc1nccc(C(=O)N2CCC(C(=O)O)C3CCCCC32)n1. The van der Waals surface area contributed by atoms with Crippen molar-refractivity contribution in [1.82, 2.24) is 14.9 Å². The number of piperidine rings is 1. The zero-order valence-corrected chi connectivity index (χ0v) is 12.7. The lowest BCUT2D eigenvalue weighted by atomic mass is 9.72. The molecule has 2 fully saturated rings. The van der Waals surface area contributed by atoms with Gasteiger partial charge in [0.15, 0.2) is 0 Å². The predicted molar refractivity (Wildman–Crippen MR) is 79.3 cm³/mol. The molecular weight excluding hydrogens is 282 g/mol. The lowest BCUT2D eigenvalue weighted by molar-refractivity contribution is -0.147. The molecule has 1 aliphatic heterocycles. The van der Waals surface area contributed by atoms with Gasteiger partial charge >= 0.3 is 5.97 Å². The second kappa shape index (κ2) is 6.02. The van der Waals surface area contributed by atoms with E-state index in [-0.39, 0.29) is 23.8 Å². The summed E-state index contributed by atoms with van der Waals surface area (Å²) in [4.78, 5) is 34.3. The fourth-order valence-electron chi connectivity index (χ4n) is 3.94. The number of aromatic nitrogens is 2. The summed E-state index contributed by atoms with van der Waals surface area (Å²) in [6.07, 6.45) is 6.03. The molecule has 3 atom stereocenters. The number of aliphatic carboxylic acids is 1. The lowest BCUT2D eigenvalue weighted by Gasteiger charge is -2.46. The van der Waals surface area contributed by atoms with E-state index in [0.717, 1.165) is 25.7 Å². The van der Waals surface area contributed by atoms with Gasteiger partial charge in [-0.15, -0.1) is 0 Å². The summed E-state index contributed by atoms with van der Waals surface area (Å²) in [5.41, 5.74) is 0.408. The molecule has 1 aliphatic carbocycles. The summed E-state index contributed by atoms with van der Waals surface area (Å²) in [5.74, 6) is -0.479. The van der Waals surface area contributed by atoms with E-state index in [4.69, 9.17) is 0 Å². The molecule has 1 aromatic rings. The van der Waals surface area contributed by atoms with E-state index in [9.17, 15) is 14.7 Å². The summed E-state index contributed by atoms with van der Waals surface area (Å²) in [5, 5.41) is 9.43. The molecular formula is C16H21N3O3. The van der Waals surface area contributed by atoms with Crippen molar-refractivity contribution in [2.75, 3.05) is 6.54 Å². The van der Waals surface area contributed by atoms with Gasteiger partial charge < -0.3 is 10.0 Å². The predicted octanol–water partition coefficient (Wildman–Crippen LogP) is 1.89. The Bertz CT molecular complexity index is 590. The quantitative estimate of drug-likeness (QED) is 0.902. The molecule has 1 saturated carbocycles. The lowest BCUT2D eigenvalue weighted by Crippen LogP contribution is -2.54. The highest BCUT2D eigenvalue weighted by molar-refractivity contribution is 5.92. The van der Waals surface area contributed by atoms with Crippen LogP contribution >= 0.6 is 0 Å². The number of carboxylic acid groups (broad SMARTS) is 1. The van der Waals surface area contributed by atoms with E-state index in [2.05, 4.69) is 9.97 Å². The van der Waals surface area contributed by atoms with Crippen LogP contribution in [-0.4, -0.2) is 44.4 Å². The van der Waals surface area contributed by atoms with Gasteiger partial charge in [0.1, 0.15) is 11.5 Å². The minimum atomic E-state index is -0.720. The normalized spacial score (nSPS) is 28.0. The van der Waals surface area contributed by atoms with Crippen molar-refractivity contribution in [3.8, 4) is 0 Å². The minimum absolute atomic E-state index is 0.0337. The Kier molecular flexibility index (Phi) is 4.09. The first-order valence-corrected chi connectivity index (χ1v) is 7.91. The second-order valence-corrected chi connectivity index (χ2v) is 6.24. The third-order valence-electron chi connectivity index (χ3n) is 4.95. The van der Waals surface area contributed by atoms with Crippen molar-refractivity contribution >= 4 is 11.9 Å². The Balaban J connectivity index is 1.85. The Morgan fingerprint density at radius 3 is 2.77 bits per heavy atom. The molecule has 0 spiro atoms. The van der Waals surface area contributed by atoms with E-state index in [1.165, 1.54) is 0 Å². The minimum Gasteiger partial charge on any atom is -0.481 e. The van der Waals surface area contributed by atoms with Crippen LogP contribution in [0, 0.1) is 18.8 Å². The van der Waals surface area contributed by atoms with Crippen molar-refractivity contribution in [3.05, 3.63) is 23.8 Å². The van der Waals surface area contributed by atoms with Crippen LogP contribution in [0.3, 0.4) is 0 Å². The van der Waals surface area contributed by atoms with Crippen molar-refractivity contribution in [3.63, 3.8) is 0 Å². The van der Waals surface area contributed by atoms with E-state index in [1.54, 1.807) is 19.2 Å². The second-order valence-electron chi connectivity index (χ2n) is 6.24. The van der Waals surface area contributed by atoms with E-state index in [1.807, 2.05) is 4.90 Å². The zero-order valence-electron chi connectivity index (χ0n) is 12.7. The van der Waals surface area contributed by atoms with Gasteiger partial charge in [-0.2, -0.15) is 0 Å². The third-order valence-corrected chi connectivity index (χ3v) is 4.95. The first-order valence-electron chi connectivity index (χ1n) is 7.91. The molecule has 1 saturated heterocycles.